The van der Waals surface area contributed by atoms with Crippen molar-refractivity contribution in [2.75, 3.05) is 34.8 Å². The molecule has 2 aromatic carbocycles. The number of para-hydroxylation sites is 1. The van der Waals surface area contributed by atoms with Crippen LogP contribution in [0, 0.1) is 12.8 Å². The van der Waals surface area contributed by atoms with Crippen LogP contribution < -0.4 is 21.7 Å². The van der Waals surface area contributed by atoms with E-state index in [-0.39, 0.29) is 17.8 Å². The Hall–Kier alpha value is -4.14. The summed E-state index contributed by atoms with van der Waals surface area (Å²) in [5.41, 5.74) is 16.3. The number of nitrogens with one attached hydrogen (secondary N) is 2. The number of nitrogens with zero attached hydrogens (tertiary/aromatic N) is 4. The Morgan fingerprint density at radius 3 is 2.85 bits per heavy atom. The summed E-state index contributed by atoms with van der Waals surface area (Å²) in [6.45, 7) is 3.37. The molecule has 0 aliphatic carbocycles. The summed E-state index contributed by atoms with van der Waals surface area (Å²) >= 11 is 0. The zero-order valence-corrected chi connectivity index (χ0v) is 18.4. The van der Waals surface area contributed by atoms with Crippen molar-refractivity contribution in [2.24, 2.45) is 5.92 Å². The standard InChI is InChI=1S/C24H26N8O/c1-14-5-2-3-7-18(14)27-23(33)16-6-4-10-32(13-16)21-12-19(28-24(26)29-21)15-8-9-17-20(11-15)30-31-22(17)25/h2-3,5,7-9,11-12,16H,4,6,10,13H2,1H3,(H,27,33)(H3,25,30,31)(H2,26,28,29). The molecule has 0 spiro atoms. The number of aromatic amines is 1. The van der Waals surface area contributed by atoms with Crippen molar-refractivity contribution in [2.45, 2.75) is 19.8 Å². The van der Waals surface area contributed by atoms with Crippen LogP contribution in [0.5, 0.6) is 0 Å². The van der Waals surface area contributed by atoms with E-state index in [1.165, 1.54) is 0 Å². The molecule has 3 heterocycles. The molecule has 6 N–H and O–H groups in total. The van der Waals surface area contributed by atoms with E-state index >= 15 is 0 Å². The molecule has 0 bridgehead atoms. The lowest BCUT2D eigenvalue weighted by Crippen LogP contribution is -2.41. The monoisotopic (exact) mass is 442 g/mol. The first kappa shape index (κ1) is 20.7. The van der Waals surface area contributed by atoms with Gasteiger partial charge in [0, 0.05) is 35.8 Å². The van der Waals surface area contributed by atoms with Crippen molar-refractivity contribution in [1.29, 1.82) is 0 Å². The number of nitrogens with two attached hydrogens (primary N) is 2. The molecule has 1 atom stereocenters. The maximum absolute atomic E-state index is 13.0. The molecule has 1 amide bonds. The number of anilines is 4. The number of carbonyl (C=O) groups is 1. The predicted octanol–water partition coefficient (Wildman–Crippen LogP) is 3.35. The molecule has 5 rings (SSSR count). The zero-order chi connectivity index (χ0) is 22.9. The van der Waals surface area contributed by atoms with Gasteiger partial charge in [-0.1, -0.05) is 24.3 Å². The van der Waals surface area contributed by atoms with Crippen molar-refractivity contribution in [1.82, 2.24) is 20.2 Å². The van der Waals surface area contributed by atoms with E-state index in [0.29, 0.717) is 18.1 Å². The van der Waals surface area contributed by atoms with Gasteiger partial charge in [-0.25, -0.2) is 4.98 Å². The molecule has 4 aromatic rings. The lowest BCUT2D eigenvalue weighted by atomic mass is 9.96. The Morgan fingerprint density at radius 2 is 2.00 bits per heavy atom. The quantitative estimate of drug-likeness (QED) is 0.380. The van der Waals surface area contributed by atoms with Gasteiger partial charge in [-0.05, 0) is 43.5 Å². The number of hydrogen-bond donors (Lipinski definition) is 4. The van der Waals surface area contributed by atoms with Crippen LogP contribution in [0.1, 0.15) is 18.4 Å². The van der Waals surface area contributed by atoms with E-state index in [1.54, 1.807) is 0 Å². The minimum Gasteiger partial charge on any atom is -0.382 e. The molecule has 168 valence electrons. The Balaban J connectivity index is 1.37. The van der Waals surface area contributed by atoms with Gasteiger partial charge in [0.15, 0.2) is 5.82 Å². The lowest BCUT2D eigenvalue weighted by molar-refractivity contribution is -0.120. The summed E-state index contributed by atoms with van der Waals surface area (Å²) in [5.74, 6) is 1.26. The van der Waals surface area contributed by atoms with Gasteiger partial charge in [0.05, 0.1) is 17.1 Å². The van der Waals surface area contributed by atoms with Gasteiger partial charge in [-0.2, -0.15) is 10.1 Å². The number of carbonyl (C=O) groups excluding carboxylic acids is 1. The van der Waals surface area contributed by atoms with Crippen molar-refractivity contribution in [3.05, 3.63) is 54.1 Å². The number of hydrogen-bond acceptors (Lipinski definition) is 7. The minimum atomic E-state index is -0.137. The number of H-pyrrole nitrogens is 1. The fourth-order valence-corrected chi connectivity index (χ4v) is 4.31. The molecule has 0 saturated carbocycles. The molecular formula is C24H26N8O. The van der Waals surface area contributed by atoms with Crippen LogP contribution >= 0.6 is 0 Å². The molecule has 1 fully saturated rings. The largest absolute Gasteiger partial charge is 0.382 e. The van der Waals surface area contributed by atoms with E-state index in [9.17, 15) is 4.79 Å². The number of benzene rings is 2. The summed E-state index contributed by atoms with van der Waals surface area (Å²) in [7, 11) is 0. The van der Waals surface area contributed by atoms with Crippen LogP contribution in [-0.2, 0) is 4.79 Å². The van der Waals surface area contributed by atoms with Gasteiger partial charge >= 0.3 is 0 Å². The number of amides is 1. The number of piperidine rings is 1. The van der Waals surface area contributed by atoms with Gasteiger partial charge in [-0.15, -0.1) is 0 Å². The van der Waals surface area contributed by atoms with Crippen LogP contribution in [0.25, 0.3) is 22.2 Å². The first-order valence-electron chi connectivity index (χ1n) is 11.0. The molecule has 1 unspecified atom stereocenters. The number of nitrogen functional groups attached to an aromatic ring is 2. The maximum atomic E-state index is 13.0. The third-order valence-corrected chi connectivity index (χ3v) is 6.14. The molecule has 9 heteroatoms. The molecule has 33 heavy (non-hydrogen) atoms. The second kappa shape index (κ2) is 8.42. The van der Waals surface area contributed by atoms with Crippen LogP contribution in [0.2, 0.25) is 0 Å². The van der Waals surface area contributed by atoms with E-state index in [1.807, 2.05) is 55.5 Å². The highest BCUT2D eigenvalue weighted by atomic mass is 16.1. The fourth-order valence-electron chi connectivity index (χ4n) is 4.31. The molecule has 1 aliphatic rings. The number of aryl methyl sites for hydroxylation is 1. The molecule has 0 radical (unpaired) electrons. The Kier molecular flexibility index (Phi) is 5.29. The maximum Gasteiger partial charge on any atom is 0.229 e. The second-order valence-corrected chi connectivity index (χ2v) is 8.43. The van der Waals surface area contributed by atoms with Gasteiger partial charge < -0.3 is 21.7 Å². The number of aromatic nitrogens is 4. The summed E-state index contributed by atoms with van der Waals surface area (Å²) in [5, 5.41) is 10.9. The lowest BCUT2D eigenvalue weighted by Gasteiger charge is -2.33. The predicted molar refractivity (Wildman–Crippen MR) is 131 cm³/mol. The molecule has 1 aliphatic heterocycles. The number of rotatable bonds is 4. The topological polar surface area (TPSA) is 139 Å². The van der Waals surface area contributed by atoms with Crippen LogP contribution in [0.3, 0.4) is 0 Å². The molecular weight excluding hydrogens is 416 g/mol. The Labute approximate surface area is 191 Å². The Morgan fingerprint density at radius 1 is 1.15 bits per heavy atom. The highest BCUT2D eigenvalue weighted by Crippen LogP contribution is 2.29. The van der Waals surface area contributed by atoms with Crippen LogP contribution in [0.4, 0.5) is 23.3 Å². The van der Waals surface area contributed by atoms with E-state index in [2.05, 4.69) is 30.4 Å². The molecule has 9 nitrogen and oxygen atoms in total. The average Bonchev–Trinajstić information content (AvgIpc) is 3.20. The van der Waals surface area contributed by atoms with Crippen molar-refractivity contribution >= 4 is 40.1 Å². The highest BCUT2D eigenvalue weighted by molar-refractivity contribution is 5.94. The summed E-state index contributed by atoms with van der Waals surface area (Å²) in [6, 6.07) is 15.5. The fraction of sp³-hybridized carbons (Fsp3) is 0.250. The summed E-state index contributed by atoms with van der Waals surface area (Å²) < 4.78 is 0. The van der Waals surface area contributed by atoms with Gasteiger partial charge in [0.2, 0.25) is 11.9 Å². The van der Waals surface area contributed by atoms with Crippen LogP contribution in [0.15, 0.2) is 48.5 Å². The first-order valence-corrected chi connectivity index (χ1v) is 11.0. The normalized spacial score (nSPS) is 16.2. The molecule has 2 aromatic heterocycles. The summed E-state index contributed by atoms with van der Waals surface area (Å²) in [4.78, 5) is 24.0. The van der Waals surface area contributed by atoms with Crippen molar-refractivity contribution < 1.29 is 4.79 Å². The van der Waals surface area contributed by atoms with Crippen LogP contribution in [-0.4, -0.2) is 39.2 Å². The third kappa shape index (κ3) is 4.17. The SMILES string of the molecule is Cc1ccccc1NC(=O)C1CCCN(c2cc(-c3ccc4c(N)n[nH]c4c3)nc(N)n2)C1. The van der Waals surface area contributed by atoms with Gasteiger partial charge in [0.1, 0.15) is 5.82 Å². The van der Waals surface area contributed by atoms with Gasteiger partial charge in [-0.3, -0.25) is 9.89 Å². The highest BCUT2D eigenvalue weighted by Gasteiger charge is 2.27. The summed E-state index contributed by atoms with van der Waals surface area (Å²) in [6.07, 6.45) is 1.73. The van der Waals surface area contributed by atoms with Gasteiger partial charge in [0.25, 0.3) is 0 Å². The first-order chi connectivity index (χ1) is 16.0. The van der Waals surface area contributed by atoms with Crippen molar-refractivity contribution in [3.8, 4) is 11.3 Å². The smallest absolute Gasteiger partial charge is 0.229 e. The van der Waals surface area contributed by atoms with E-state index in [0.717, 1.165) is 52.9 Å². The zero-order valence-electron chi connectivity index (χ0n) is 18.4. The second-order valence-electron chi connectivity index (χ2n) is 8.43. The average molecular weight is 443 g/mol. The minimum absolute atomic E-state index is 0.0264. The van der Waals surface area contributed by atoms with E-state index < -0.39 is 0 Å². The number of fused-ring (bicyclic) bond motifs is 1. The Bertz CT molecular complexity index is 1330. The van der Waals surface area contributed by atoms with Crippen molar-refractivity contribution in [3.63, 3.8) is 0 Å². The third-order valence-electron chi connectivity index (χ3n) is 6.14. The van der Waals surface area contributed by atoms with E-state index in [4.69, 9.17) is 11.5 Å². The molecule has 1 saturated heterocycles.